The lowest BCUT2D eigenvalue weighted by molar-refractivity contribution is 0.0982. The van der Waals surface area contributed by atoms with E-state index < -0.39 is 0 Å². The van der Waals surface area contributed by atoms with E-state index in [1.807, 2.05) is 20.8 Å². The number of Topliss-reactive ketones (excluding diaryl/α,β-unsaturated/α-hetero) is 1. The molecule has 11 heteroatoms. The van der Waals surface area contributed by atoms with Gasteiger partial charge in [-0.15, -0.1) is 0 Å². The van der Waals surface area contributed by atoms with Crippen molar-refractivity contribution in [1.82, 2.24) is 24.1 Å². The Kier molecular flexibility index (Phi) is 10.3. The van der Waals surface area contributed by atoms with Crippen LogP contribution in [0.2, 0.25) is 5.15 Å². The fraction of sp³-hybridized carbons (Fsp3) is 0.316. The van der Waals surface area contributed by atoms with Crippen LogP contribution in [-0.4, -0.2) is 56.2 Å². The number of morpholine rings is 1. The summed E-state index contributed by atoms with van der Waals surface area (Å²) in [6.45, 7) is 9.22. The first-order valence-electron chi connectivity index (χ1n) is 16.3. The molecule has 49 heavy (non-hydrogen) atoms. The molecule has 1 aliphatic rings. The van der Waals surface area contributed by atoms with Crippen LogP contribution in [-0.2, 0) is 17.7 Å². The number of ether oxygens (including phenoxy) is 1. The van der Waals surface area contributed by atoms with Crippen LogP contribution in [0, 0.1) is 18.8 Å². The average molecular weight is 677 g/mol. The number of carbonyl (C=O) groups excluding carboxylic acids is 1. The van der Waals surface area contributed by atoms with Crippen LogP contribution < -0.4 is 16.0 Å². The quantitative estimate of drug-likeness (QED) is 0.116. The van der Waals surface area contributed by atoms with Crippen molar-refractivity contribution in [2.75, 3.05) is 31.2 Å². The summed E-state index contributed by atoms with van der Waals surface area (Å²) in [6, 6.07) is 14.9. The highest BCUT2D eigenvalue weighted by atomic mass is 35.5. The van der Waals surface area contributed by atoms with Crippen LogP contribution in [0.5, 0.6) is 0 Å². The number of anilines is 1. The summed E-state index contributed by atoms with van der Waals surface area (Å²) in [5.41, 5.74) is 4.13. The molecule has 6 rings (SSSR count). The molecule has 1 saturated heterocycles. The SMILES string of the molecule is Cc1c(C#CCCC(=O)c2cccn(Cc3ccc(Cl)nc3)c2=O)c(=O)n(C(C)C)c2nc(Cc3ccc(N4CCOCC4)cc3)ncc12. The summed E-state index contributed by atoms with van der Waals surface area (Å²) in [5.74, 6) is 6.34. The van der Waals surface area contributed by atoms with Gasteiger partial charge >= 0.3 is 0 Å². The predicted molar refractivity (Wildman–Crippen MR) is 191 cm³/mol. The number of benzene rings is 1. The van der Waals surface area contributed by atoms with Crippen molar-refractivity contribution < 1.29 is 9.53 Å². The molecule has 4 aromatic heterocycles. The molecule has 0 N–H and O–H groups in total. The summed E-state index contributed by atoms with van der Waals surface area (Å²) < 4.78 is 8.59. The Morgan fingerprint density at radius 1 is 0.980 bits per heavy atom. The van der Waals surface area contributed by atoms with Crippen LogP contribution in [0.15, 0.2) is 76.7 Å². The Hall–Kier alpha value is -5.11. The number of fused-ring (bicyclic) bond motifs is 1. The Bertz CT molecular complexity index is 2170. The molecule has 0 aliphatic carbocycles. The fourth-order valence-electron chi connectivity index (χ4n) is 5.94. The van der Waals surface area contributed by atoms with Gasteiger partial charge in [-0.2, -0.15) is 0 Å². The zero-order valence-corrected chi connectivity index (χ0v) is 28.5. The molecule has 0 spiro atoms. The Labute approximate surface area is 289 Å². The molecule has 1 aliphatic heterocycles. The third-order valence-electron chi connectivity index (χ3n) is 8.60. The molecule has 1 aromatic carbocycles. The molecule has 0 atom stereocenters. The summed E-state index contributed by atoms with van der Waals surface area (Å²) in [4.78, 5) is 55.7. The van der Waals surface area contributed by atoms with Gasteiger partial charge in [-0.1, -0.05) is 41.6 Å². The van der Waals surface area contributed by atoms with E-state index in [0.29, 0.717) is 34.2 Å². The van der Waals surface area contributed by atoms with Gasteiger partial charge in [-0.3, -0.25) is 19.0 Å². The van der Waals surface area contributed by atoms with E-state index in [1.165, 1.54) is 16.3 Å². The minimum atomic E-state index is -0.384. The minimum absolute atomic E-state index is 0.0413. The number of hydrogen-bond acceptors (Lipinski definition) is 8. The van der Waals surface area contributed by atoms with Gasteiger partial charge in [0, 0.05) is 68.1 Å². The van der Waals surface area contributed by atoms with Gasteiger partial charge in [-0.05, 0) is 67.8 Å². The molecule has 5 heterocycles. The lowest BCUT2D eigenvalue weighted by Crippen LogP contribution is -2.36. The molecule has 250 valence electrons. The number of halogens is 1. The van der Waals surface area contributed by atoms with E-state index >= 15 is 0 Å². The number of aryl methyl sites for hydroxylation is 1. The zero-order chi connectivity index (χ0) is 34.5. The maximum absolute atomic E-state index is 13.8. The van der Waals surface area contributed by atoms with Gasteiger partial charge < -0.3 is 14.2 Å². The van der Waals surface area contributed by atoms with Gasteiger partial charge in [0.25, 0.3) is 11.1 Å². The maximum Gasteiger partial charge on any atom is 0.268 e. The Morgan fingerprint density at radius 2 is 1.73 bits per heavy atom. The van der Waals surface area contributed by atoms with Gasteiger partial charge in [0.15, 0.2) is 5.78 Å². The minimum Gasteiger partial charge on any atom is -0.378 e. The Morgan fingerprint density at radius 3 is 2.45 bits per heavy atom. The van der Waals surface area contributed by atoms with Crippen molar-refractivity contribution in [2.45, 2.75) is 52.6 Å². The lowest BCUT2D eigenvalue weighted by Gasteiger charge is -2.28. The molecule has 0 saturated carbocycles. The number of nitrogens with zero attached hydrogens (tertiary/aromatic N) is 6. The first kappa shape index (κ1) is 33.8. The first-order valence-corrected chi connectivity index (χ1v) is 16.7. The highest BCUT2D eigenvalue weighted by Gasteiger charge is 2.18. The topological polar surface area (TPSA) is 112 Å². The largest absolute Gasteiger partial charge is 0.378 e. The van der Waals surface area contributed by atoms with E-state index in [-0.39, 0.29) is 47.9 Å². The second-order valence-corrected chi connectivity index (χ2v) is 12.7. The second-order valence-electron chi connectivity index (χ2n) is 12.3. The second kappa shape index (κ2) is 15.0. The van der Waals surface area contributed by atoms with Crippen molar-refractivity contribution in [3.05, 3.63) is 127 Å². The molecule has 0 unspecified atom stereocenters. The lowest BCUT2D eigenvalue weighted by atomic mass is 10.1. The van der Waals surface area contributed by atoms with E-state index in [1.54, 1.807) is 41.4 Å². The summed E-state index contributed by atoms with van der Waals surface area (Å²) in [7, 11) is 0. The van der Waals surface area contributed by atoms with Crippen molar-refractivity contribution in [3.8, 4) is 11.8 Å². The summed E-state index contributed by atoms with van der Waals surface area (Å²) >= 11 is 5.87. The van der Waals surface area contributed by atoms with Crippen LogP contribution in [0.4, 0.5) is 5.69 Å². The molecule has 5 aromatic rings. The molecule has 1 fully saturated rings. The average Bonchev–Trinajstić information content (AvgIpc) is 3.10. The monoisotopic (exact) mass is 676 g/mol. The molecule has 0 amide bonds. The Balaban J connectivity index is 1.18. The predicted octanol–water partition coefficient (Wildman–Crippen LogP) is 5.38. The smallest absolute Gasteiger partial charge is 0.268 e. The fourth-order valence-corrected chi connectivity index (χ4v) is 6.05. The third kappa shape index (κ3) is 7.64. The van der Waals surface area contributed by atoms with Crippen molar-refractivity contribution >= 4 is 34.1 Å². The molecule has 0 bridgehead atoms. The van der Waals surface area contributed by atoms with Crippen molar-refractivity contribution in [1.29, 1.82) is 0 Å². The van der Waals surface area contributed by atoms with Crippen LogP contribution in [0.1, 0.15) is 71.2 Å². The highest BCUT2D eigenvalue weighted by Crippen LogP contribution is 2.22. The summed E-state index contributed by atoms with van der Waals surface area (Å²) in [5, 5.41) is 1.11. The number of rotatable bonds is 9. The van der Waals surface area contributed by atoms with E-state index in [0.717, 1.165) is 42.8 Å². The highest BCUT2D eigenvalue weighted by molar-refractivity contribution is 6.29. The van der Waals surface area contributed by atoms with Gasteiger partial charge in [0.2, 0.25) is 0 Å². The van der Waals surface area contributed by atoms with Gasteiger partial charge in [0.05, 0.1) is 30.9 Å². The number of aromatic nitrogens is 5. The molecular formula is C38H37ClN6O4. The van der Waals surface area contributed by atoms with Crippen LogP contribution in [0.25, 0.3) is 11.0 Å². The van der Waals surface area contributed by atoms with E-state index in [2.05, 4.69) is 51.0 Å². The zero-order valence-electron chi connectivity index (χ0n) is 27.8. The van der Waals surface area contributed by atoms with Crippen LogP contribution in [0.3, 0.4) is 0 Å². The van der Waals surface area contributed by atoms with Crippen LogP contribution >= 0.6 is 11.6 Å². The molecule has 0 radical (unpaired) electrons. The van der Waals surface area contributed by atoms with E-state index in [4.69, 9.17) is 21.3 Å². The molecular weight excluding hydrogens is 640 g/mol. The third-order valence-corrected chi connectivity index (χ3v) is 8.83. The maximum atomic E-state index is 13.8. The number of pyridine rings is 3. The molecule has 10 nitrogen and oxygen atoms in total. The number of carbonyl (C=O) groups is 1. The van der Waals surface area contributed by atoms with Gasteiger partial charge in [-0.25, -0.2) is 15.0 Å². The standard InChI is InChI=1S/C38H37ClN6O4/c1-25(2)45-36-32(23-41-35(42-36)21-27-10-13-29(14-11-27)43-17-19-49-20-18-43)26(3)30(38(45)48)7-4-5-9-33(46)31-8-6-16-44(37(31)47)24-28-12-15-34(39)40-22-28/h6,8,10-16,22-23,25H,5,9,17-21,24H2,1-3H3. The first-order chi connectivity index (χ1) is 23.7. The van der Waals surface area contributed by atoms with Crippen molar-refractivity contribution in [2.24, 2.45) is 0 Å². The van der Waals surface area contributed by atoms with E-state index in [9.17, 15) is 14.4 Å². The van der Waals surface area contributed by atoms with Crippen molar-refractivity contribution in [3.63, 3.8) is 0 Å². The number of ketones is 1. The summed E-state index contributed by atoms with van der Waals surface area (Å²) in [6.07, 6.45) is 5.75. The number of hydrogen-bond donors (Lipinski definition) is 0. The normalized spacial score (nSPS) is 13.0. The van der Waals surface area contributed by atoms with Gasteiger partial charge in [0.1, 0.15) is 16.6 Å².